The van der Waals surface area contributed by atoms with Crippen LogP contribution in [-0.2, 0) is 6.54 Å². The molecule has 2 rings (SSSR count). The van der Waals surface area contributed by atoms with Crippen LogP contribution in [0.15, 0.2) is 12.4 Å². The fourth-order valence-electron chi connectivity index (χ4n) is 2.57. The third kappa shape index (κ3) is 2.28. The van der Waals surface area contributed by atoms with Gasteiger partial charge >= 0.3 is 0 Å². The number of nitrogens with zero attached hydrogens (tertiary/aromatic N) is 3. The van der Waals surface area contributed by atoms with Crippen molar-refractivity contribution in [3.05, 3.63) is 18.0 Å². The molecule has 2 unspecified atom stereocenters. The molecule has 0 aromatic carbocycles. The molecule has 2 heterocycles. The molecule has 2 N–H and O–H groups in total. The minimum atomic E-state index is 0.238. The summed E-state index contributed by atoms with van der Waals surface area (Å²) in [5, 5.41) is 4.34. The average molecular weight is 222 g/mol. The summed E-state index contributed by atoms with van der Waals surface area (Å²) in [5.41, 5.74) is 7.54. The first-order chi connectivity index (χ1) is 7.72. The van der Waals surface area contributed by atoms with E-state index in [0.717, 1.165) is 19.5 Å². The second-order valence-electron chi connectivity index (χ2n) is 4.71. The molecule has 4 heteroatoms. The van der Waals surface area contributed by atoms with Gasteiger partial charge in [-0.05, 0) is 33.4 Å². The zero-order chi connectivity index (χ0) is 11.5. The van der Waals surface area contributed by atoms with Crippen LogP contribution < -0.4 is 5.73 Å². The first kappa shape index (κ1) is 11.6. The van der Waals surface area contributed by atoms with E-state index in [1.807, 2.05) is 10.9 Å². The van der Waals surface area contributed by atoms with Gasteiger partial charge in [-0.15, -0.1) is 0 Å². The number of rotatable bonds is 2. The van der Waals surface area contributed by atoms with Gasteiger partial charge in [0.25, 0.3) is 0 Å². The van der Waals surface area contributed by atoms with Crippen LogP contribution in [0.1, 0.15) is 37.8 Å². The van der Waals surface area contributed by atoms with Crippen LogP contribution in [0.3, 0.4) is 0 Å². The molecular formula is C12H22N4. The molecule has 4 nitrogen and oxygen atoms in total. The highest BCUT2D eigenvalue weighted by Crippen LogP contribution is 2.27. The highest BCUT2D eigenvalue weighted by molar-refractivity contribution is 5.13. The SMILES string of the molecule is CCn1cc(C2C(N)CCCCN2C)cn1. The van der Waals surface area contributed by atoms with Crippen LogP contribution in [-0.4, -0.2) is 34.3 Å². The lowest BCUT2D eigenvalue weighted by Gasteiger charge is -2.29. The van der Waals surface area contributed by atoms with E-state index in [1.54, 1.807) is 0 Å². The van der Waals surface area contributed by atoms with E-state index < -0.39 is 0 Å². The predicted octanol–water partition coefficient (Wildman–Crippen LogP) is 1.39. The molecule has 16 heavy (non-hydrogen) atoms. The molecule has 0 spiro atoms. The first-order valence-electron chi connectivity index (χ1n) is 6.20. The van der Waals surface area contributed by atoms with Gasteiger partial charge in [-0.3, -0.25) is 9.58 Å². The Bertz CT molecular complexity index is 322. The highest BCUT2D eigenvalue weighted by atomic mass is 15.3. The van der Waals surface area contributed by atoms with Gasteiger partial charge in [0.15, 0.2) is 0 Å². The topological polar surface area (TPSA) is 47.1 Å². The molecular weight excluding hydrogens is 200 g/mol. The van der Waals surface area contributed by atoms with E-state index in [-0.39, 0.29) is 6.04 Å². The Morgan fingerprint density at radius 2 is 2.31 bits per heavy atom. The lowest BCUT2D eigenvalue weighted by Crippen LogP contribution is -2.37. The van der Waals surface area contributed by atoms with Crippen molar-refractivity contribution in [1.82, 2.24) is 14.7 Å². The van der Waals surface area contributed by atoms with E-state index in [0.29, 0.717) is 6.04 Å². The number of hydrogen-bond acceptors (Lipinski definition) is 3. The fourth-order valence-corrected chi connectivity index (χ4v) is 2.57. The molecule has 1 aromatic heterocycles. The van der Waals surface area contributed by atoms with Crippen molar-refractivity contribution >= 4 is 0 Å². The molecule has 90 valence electrons. The Balaban J connectivity index is 2.21. The van der Waals surface area contributed by atoms with Crippen molar-refractivity contribution in [2.45, 2.75) is 44.8 Å². The van der Waals surface area contributed by atoms with Crippen LogP contribution in [0.25, 0.3) is 0 Å². The molecule has 0 aliphatic carbocycles. The Morgan fingerprint density at radius 1 is 1.50 bits per heavy atom. The molecule has 0 amide bonds. The van der Waals surface area contributed by atoms with Gasteiger partial charge in [0.2, 0.25) is 0 Å². The lowest BCUT2D eigenvalue weighted by atomic mass is 9.99. The smallest absolute Gasteiger partial charge is 0.0538 e. The summed E-state index contributed by atoms with van der Waals surface area (Å²) in [4.78, 5) is 2.37. The van der Waals surface area contributed by atoms with E-state index in [1.165, 1.54) is 18.4 Å². The Hall–Kier alpha value is -0.870. The minimum Gasteiger partial charge on any atom is -0.326 e. The quantitative estimate of drug-likeness (QED) is 0.822. The summed E-state index contributed by atoms with van der Waals surface area (Å²) in [6, 6.07) is 0.574. The Morgan fingerprint density at radius 3 is 3.00 bits per heavy atom. The standard InChI is InChI=1S/C12H22N4/c1-3-16-9-10(8-14-16)12-11(13)6-4-5-7-15(12)2/h8-9,11-12H,3-7,13H2,1-2H3. The maximum Gasteiger partial charge on any atom is 0.0538 e. The zero-order valence-corrected chi connectivity index (χ0v) is 10.3. The molecule has 2 atom stereocenters. The van der Waals surface area contributed by atoms with Gasteiger partial charge in [0, 0.05) is 24.3 Å². The summed E-state index contributed by atoms with van der Waals surface area (Å²) in [5.74, 6) is 0. The van der Waals surface area contributed by atoms with Crippen LogP contribution in [0.5, 0.6) is 0 Å². The average Bonchev–Trinajstić information content (AvgIpc) is 2.67. The second kappa shape index (κ2) is 4.97. The maximum absolute atomic E-state index is 6.27. The van der Waals surface area contributed by atoms with Gasteiger partial charge in [0.1, 0.15) is 0 Å². The maximum atomic E-state index is 6.27. The minimum absolute atomic E-state index is 0.238. The molecule has 0 saturated carbocycles. The molecule has 1 aliphatic rings. The first-order valence-corrected chi connectivity index (χ1v) is 6.20. The molecule has 1 aromatic rings. The Labute approximate surface area is 97.4 Å². The summed E-state index contributed by atoms with van der Waals surface area (Å²) < 4.78 is 1.97. The molecule has 1 fully saturated rings. The summed E-state index contributed by atoms with van der Waals surface area (Å²) >= 11 is 0. The monoisotopic (exact) mass is 222 g/mol. The zero-order valence-electron chi connectivity index (χ0n) is 10.3. The van der Waals surface area contributed by atoms with Crippen molar-refractivity contribution in [3.63, 3.8) is 0 Å². The summed E-state index contributed by atoms with van der Waals surface area (Å²) in [6.45, 7) is 4.16. The Kier molecular flexibility index (Phi) is 3.61. The number of likely N-dealkylation sites (tertiary alicyclic amines) is 1. The summed E-state index contributed by atoms with van der Waals surface area (Å²) in [7, 11) is 2.17. The number of likely N-dealkylation sites (N-methyl/N-ethyl adjacent to an activating group) is 1. The predicted molar refractivity (Wildman–Crippen MR) is 65.1 cm³/mol. The van der Waals surface area contributed by atoms with Gasteiger partial charge in [-0.25, -0.2) is 0 Å². The van der Waals surface area contributed by atoms with E-state index >= 15 is 0 Å². The number of aromatic nitrogens is 2. The van der Waals surface area contributed by atoms with Crippen molar-refractivity contribution < 1.29 is 0 Å². The third-order valence-electron chi connectivity index (χ3n) is 3.50. The van der Waals surface area contributed by atoms with Crippen molar-refractivity contribution in [3.8, 4) is 0 Å². The van der Waals surface area contributed by atoms with E-state index in [9.17, 15) is 0 Å². The van der Waals surface area contributed by atoms with Gasteiger partial charge in [0.05, 0.1) is 12.2 Å². The van der Waals surface area contributed by atoms with Gasteiger partial charge in [-0.2, -0.15) is 5.10 Å². The van der Waals surface area contributed by atoms with Crippen LogP contribution >= 0.6 is 0 Å². The van der Waals surface area contributed by atoms with Crippen molar-refractivity contribution in [2.75, 3.05) is 13.6 Å². The molecule has 1 saturated heterocycles. The highest BCUT2D eigenvalue weighted by Gasteiger charge is 2.27. The number of hydrogen-bond donors (Lipinski definition) is 1. The van der Waals surface area contributed by atoms with Gasteiger partial charge < -0.3 is 5.73 Å². The molecule has 1 aliphatic heterocycles. The van der Waals surface area contributed by atoms with Crippen molar-refractivity contribution in [2.24, 2.45) is 5.73 Å². The van der Waals surface area contributed by atoms with E-state index in [2.05, 4.69) is 30.2 Å². The van der Waals surface area contributed by atoms with Crippen LogP contribution in [0.2, 0.25) is 0 Å². The van der Waals surface area contributed by atoms with Crippen LogP contribution in [0.4, 0.5) is 0 Å². The lowest BCUT2D eigenvalue weighted by molar-refractivity contribution is 0.230. The fraction of sp³-hybridized carbons (Fsp3) is 0.750. The molecule has 0 bridgehead atoms. The van der Waals surface area contributed by atoms with Crippen molar-refractivity contribution in [1.29, 1.82) is 0 Å². The normalized spacial score (nSPS) is 27.9. The van der Waals surface area contributed by atoms with Gasteiger partial charge in [-0.1, -0.05) is 6.42 Å². The van der Waals surface area contributed by atoms with Crippen LogP contribution in [0, 0.1) is 0 Å². The largest absolute Gasteiger partial charge is 0.326 e. The summed E-state index contributed by atoms with van der Waals surface area (Å²) in [6.07, 6.45) is 7.71. The molecule has 0 radical (unpaired) electrons. The second-order valence-corrected chi connectivity index (χ2v) is 4.71. The number of nitrogens with two attached hydrogens (primary N) is 1. The third-order valence-corrected chi connectivity index (χ3v) is 3.50. The van der Waals surface area contributed by atoms with E-state index in [4.69, 9.17) is 5.73 Å². The number of aryl methyl sites for hydroxylation is 1.